The number of fused-ring (bicyclic) bond motifs is 1. The van der Waals surface area contributed by atoms with Gasteiger partial charge < -0.3 is 9.15 Å². The Hall–Kier alpha value is -1.84. The van der Waals surface area contributed by atoms with Gasteiger partial charge in [-0.05, 0) is 30.9 Å². The number of ether oxygens (including phenoxy) is 1. The minimum atomic E-state index is -0.635. The third kappa shape index (κ3) is 4.57. The van der Waals surface area contributed by atoms with Crippen molar-refractivity contribution >= 4 is 10.8 Å². The van der Waals surface area contributed by atoms with Crippen LogP contribution in [-0.4, -0.2) is 6.61 Å². The van der Waals surface area contributed by atoms with Crippen molar-refractivity contribution in [1.29, 1.82) is 0 Å². The Morgan fingerprint density at radius 2 is 1.83 bits per heavy atom. The van der Waals surface area contributed by atoms with Gasteiger partial charge in [0.05, 0.1) is 6.61 Å². The maximum absolute atomic E-state index is 14.3. The van der Waals surface area contributed by atoms with E-state index in [0.29, 0.717) is 24.2 Å². The molecular formula is C19H25FO3. The standard InChI is InChI=1S/C19H25FO3/c1-3-5-6-7-8-9-10-15-13-14-11-12-16(22-4-2)18(20)17(14)19(21)23-15/h11-13H,3-10H2,1-2H3. The minimum absolute atomic E-state index is 0.0253. The first-order valence-electron chi connectivity index (χ1n) is 8.55. The SMILES string of the molecule is CCCCCCCCc1cc2ccc(OCC)c(F)c2c(=O)o1. The van der Waals surface area contributed by atoms with Gasteiger partial charge in [0.2, 0.25) is 0 Å². The summed E-state index contributed by atoms with van der Waals surface area (Å²) in [6, 6.07) is 5.04. The first-order chi connectivity index (χ1) is 11.2. The van der Waals surface area contributed by atoms with E-state index in [2.05, 4.69) is 6.92 Å². The Labute approximate surface area is 136 Å². The summed E-state index contributed by atoms with van der Waals surface area (Å²) in [5, 5.41) is 0.547. The number of aryl methyl sites for hydroxylation is 1. The monoisotopic (exact) mass is 320 g/mol. The highest BCUT2D eigenvalue weighted by Crippen LogP contribution is 2.25. The van der Waals surface area contributed by atoms with Crippen molar-refractivity contribution in [3.63, 3.8) is 0 Å². The van der Waals surface area contributed by atoms with Crippen LogP contribution in [0, 0.1) is 5.82 Å². The van der Waals surface area contributed by atoms with Crippen LogP contribution < -0.4 is 10.4 Å². The lowest BCUT2D eigenvalue weighted by atomic mass is 10.1. The molecule has 1 aromatic heterocycles. The van der Waals surface area contributed by atoms with Gasteiger partial charge in [-0.2, -0.15) is 0 Å². The fourth-order valence-electron chi connectivity index (χ4n) is 2.74. The van der Waals surface area contributed by atoms with E-state index < -0.39 is 11.4 Å². The van der Waals surface area contributed by atoms with Gasteiger partial charge in [-0.15, -0.1) is 0 Å². The molecule has 2 aromatic rings. The van der Waals surface area contributed by atoms with Gasteiger partial charge in [0.25, 0.3) is 0 Å². The van der Waals surface area contributed by atoms with Crippen LogP contribution in [0.25, 0.3) is 10.8 Å². The molecule has 2 rings (SSSR count). The first kappa shape index (κ1) is 17.5. The lowest BCUT2D eigenvalue weighted by Gasteiger charge is -2.07. The van der Waals surface area contributed by atoms with Crippen LogP contribution in [-0.2, 0) is 6.42 Å². The fraction of sp³-hybridized carbons (Fsp3) is 0.526. The van der Waals surface area contributed by atoms with E-state index in [1.165, 1.54) is 25.7 Å². The molecule has 0 saturated heterocycles. The van der Waals surface area contributed by atoms with Crippen LogP contribution in [0.2, 0.25) is 0 Å². The average Bonchev–Trinajstić information content (AvgIpc) is 2.53. The number of rotatable bonds is 9. The normalized spacial score (nSPS) is 11.1. The summed E-state index contributed by atoms with van der Waals surface area (Å²) in [5.74, 6) is 0.0849. The van der Waals surface area contributed by atoms with Crippen molar-refractivity contribution in [2.75, 3.05) is 6.61 Å². The summed E-state index contributed by atoms with van der Waals surface area (Å²) in [6.45, 7) is 4.32. The zero-order valence-corrected chi connectivity index (χ0v) is 14.0. The van der Waals surface area contributed by atoms with Gasteiger partial charge in [-0.25, -0.2) is 9.18 Å². The van der Waals surface area contributed by atoms with E-state index in [9.17, 15) is 9.18 Å². The lowest BCUT2D eigenvalue weighted by molar-refractivity contribution is 0.322. The molecule has 0 N–H and O–H groups in total. The fourth-order valence-corrected chi connectivity index (χ4v) is 2.74. The largest absolute Gasteiger partial charge is 0.491 e. The number of hydrogen-bond acceptors (Lipinski definition) is 3. The van der Waals surface area contributed by atoms with Crippen LogP contribution in [0.5, 0.6) is 5.75 Å². The van der Waals surface area contributed by atoms with Crippen molar-refractivity contribution < 1.29 is 13.5 Å². The first-order valence-corrected chi connectivity index (χ1v) is 8.55. The van der Waals surface area contributed by atoms with Crippen LogP contribution >= 0.6 is 0 Å². The van der Waals surface area contributed by atoms with Crippen molar-refractivity contribution in [2.24, 2.45) is 0 Å². The Balaban J connectivity index is 2.09. The predicted octanol–water partition coefficient (Wildman–Crippen LogP) is 5.23. The van der Waals surface area contributed by atoms with E-state index in [-0.39, 0.29) is 11.1 Å². The molecule has 0 atom stereocenters. The predicted molar refractivity (Wildman–Crippen MR) is 90.7 cm³/mol. The van der Waals surface area contributed by atoms with Crippen LogP contribution in [0.4, 0.5) is 4.39 Å². The van der Waals surface area contributed by atoms with E-state index in [0.717, 1.165) is 12.8 Å². The number of unbranched alkanes of at least 4 members (excludes halogenated alkanes) is 5. The molecular weight excluding hydrogens is 295 g/mol. The molecule has 0 saturated carbocycles. The molecule has 1 aromatic carbocycles. The second kappa shape index (κ2) is 8.70. The zero-order chi connectivity index (χ0) is 16.7. The minimum Gasteiger partial charge on any atom is -0.491 e. The van der Waals surface area contributed by atoms with E-state index in [1.807, 2.05) is 0 Å². The molecule has 1 heterocycles. The Bertz CT molecular complexity index is 691. The highest BCUT2D eigenvalue weighted by atomic mass is 19.1. The van der Waals surface area contributed by atoms with Crippen LogP contribution in [0.15, 0.2) is 27.4 Å². The highest BCUT2D eigenvalue weighted by Gasteiger charge is 2.14. The van der Waals surface area contributed by atoms with Crippen molar-refractivity contribution in [3.05, 3.63) is 40.2 Å². The van der Waals surface area contributed by atoms with Gasteiger partial charge in [0.15, 0.2) is 11.6 Å². The molecule has 0 unspecified atom stereocenters. The third-order valence-corrected chi connectivity index (χ3v) is 3.96. The quantitative estimate of drug-likeness (QED) is 0.594. The van der Waals surface area contributed by atoms with Crippen LogP contribution in [0.1, 0.15) is 58.1 Å². The molecule has 0 amide bonds. The molecule has 126 valence electrons. The lowest BCUT2D eigenvalue weighted by Crippen LogP contribution is -2.06. The summed E-state index contributed by atoms with van der Waals surface area (Å²) >= 11 is 0. The van der Waals surface area contributed by atoms with E-state index >= 15 is 0 Å². The molecule has 0 aliphatic heterocycles. The Kier molecular flexibility index (Phi) is 6.63. The summed E-state index contributed by atoms with van der Waals surface area (Å²) in [5.41, 5.74) is -0.623. The van der Waals surface area contributed by atoms with Gasteiger partial charge in [-0.3, -0.25) is 0 Å². The van der Waals surface area contributed by atoms with Gasteiger partial charge in [-0.1, -0.05) is 45.1 Å². The molecule has 0 aliphatic rings. The molecule has 0 bridgehead atoms. The molecule has 0 radical (unpaired) electrons. The van der Waals surface area contributed by atoms with Gasteiger partial charge in [0.1, 0.15) is 11.1 Å². The maximum Gasteiger partial charge on any atom is 0.346 e. The van der Waals surface area contributed by atoms with Crippen molar-refractivity contribution in [3.8, 4) is 5.75 Å². The second-order valence-corrected chi connectivity index (χ2v) is 5.79. The number of hydrogen-bond donors (Lipinski definition) is 0. The smallest absolute Gasteiger partial charge is 0.346 e. The number of halogens is 1. The summed E-state index contributed by atoms with van der Waals surface area (Å²) in [7, 11) is 0. The molecule has 0 fully saturated rings. The molecule has 3 nitrogen and oxygen atoms in total. The van der Waals surface area contributed by atoms with E-state index in [4.69, 9.17) is 9.15 Å². The Morgan fingerprint density at radius 3 is 2.57 bits per heavy atom. The third-order valence-electron chi connectivity index (χ3n) is 3.96. The average molecular weight is 320 g/mol. The maximum atomic E-state index is 14.3. The molecule has 0 aliphatic carbocycles. The summed E-state index contributed by atoms with van der Waals surface area (Å²) < 4.78 is 24.8. The summed E-state index contributed by atoms with van der Waals surface area (Å²) in [4.78, 5) is 12.1. The van der Waals surface area contributed by atoms with E-state index in [1.54, 1.807) is 25.1 Å². The number of benzene rings is 1. The van der Waals surface area contributed by atoms with Gasteiger partial charge >= 0.3 is 5.63 Å². The topological polar surface area (TPSA) is 39.4 Å². The van der Waals surface area contributed by atoms with Crippen molar-refractivity contribution in [2.45, 2.75) is 58.8 Å². The van der Waals surface area contributed by atoms with Gasteiger partial charge in [0, 0.05) is 6.42 Å². The van der Waals surface area contributed by atoms with Crippen LogP contribution in [0.3, 0.4) is 0 Å². The molecule has 23 heavy (non-hydrogen) atoms. The van der Waals surface area contributed by atoms with Crippen molar-refractivity contribution in [1.82, 2.24) is 0 Å². The summed E-state index contributed by atoms with van der Waals surface area (Å²) in [6.07, 6.45) is 7.78. The molecule has 4 heteroatoms. The molecule has 0 spiro atoms. The zero-order valence-electron chi connectivity index (χ0n) is 14.0. The second-order valence-electron chi connectivity index (χ2n) is 5.79. The highest BCUT2D eigenvalue weighted by molar-refractivity contribution is 5.83. The Morgan fingerprint density at radius 1 is 1.09 bits per heavy atom.